The Labute approximate surface area is 160 Å². The molecule has 1 aromatic rings. The van der Waals surface area contributed by atoms with Gasteiger partial charge in [-0.3, -0.25) is 0 Å². The van der Waals surface area contributed by atoms with Gasteiger partial charge >= 0.3 is 6.09 Å². The first-order valence-electron chi connectivity index (χ1n) is 9.24. The Bertz CT molecular complexity index is 729. The maximum absolute atomic E-state index is 12.7. The van der Waals surface area contributed by atoms with Crippen LogP contribution in [0.5, 0.6) is 11.5 Å². The van der Waals surface area contributed by atoms with Crippen LogP contribution in [0.1, 0.15) is 33.6 Å². The Morgan fingerprint density at radius 2 is 1.70 bits per heavy atom. The normalized spacial score (nSPS) is 15.4. The first-order chi connectivity index (χ1) is 12.9. The number of nitrogens with one attached hydrogen (secondary N) is 1. The molecule has 9 heteroatoms. The van der Waals surface area contributed by atoms with Crippen LogP contribution >= 0.6 is 0 Å². The number of likely N-dealkylation sites (tertiary alicyclic amines) is 1. The highest BCUT2D eigenvalue weighted by Gasteiger charge is 2.27. The maximum atomic E-state index is 12.7. The number of amides is 1. The number of sulfonamides is 1. The van der Waals surface area contributed by atoms with Gasteiger partial charge in [0.2, 0.25) is 10.0 Å². The molecule has 1 aliphatic rings. The van der Waals surface area contributed by atoms with Crippen molar-refractivity contribution in [1.82, 2.24) is 9.62 Å². The van der Waals surface area contributed by atoms with Crippen molar-refractivity contribution < 1.29 is 27.4 Å². The summed E-state index contributed by atoms with van der Waals surface area (Å²) in [5, 5.41) is 0. The Morgan fingerprint density at radius 3 is 2.30 bits per heavy atom. The molecule has 0 aromatic heterocycles. The molecule has 0 aliphatic carbocycles. The van der Waals surface area contributed by atoms with E-state index in [-0.39, 0.29) is 17.0 Å². The van der Waals surface area contributed by atoms with Crippen molar-refractivity contribution >= 4 is 16.1 Å². The van der Waals surface area contributed by atoms with E-state index < -0.39 is 10.0 Å². The fraction of sp³-hybridized carbons (Fsp3) is 0.611. The molecular formula is C18H28N2O6S. The fourth-order valence-electron chi connectivity index (χ4n) is 2.88. The Morgan fingerprint density at radius 1 is 1.07 bits per heavy atom. The summed E-state index contributed by atoms with van der Waals surface area (Å²) < 4.78 is 44.1. The molecule has 1 amide bonds. The van der Waals surface area contributed by atoms with Gasteiger partial charge in [0.15, 0.2) is 11.5 Å². The summed E-state index contributed by atoms with van der Waals surface area (Å²) in [4.78, 5) is 13.5. The van der Waals surface area contributed by atoms with Crippen molar-refractivity contribution in [3.05, 3.63) is 18.2 Å². The molecule has 0 spiro atoms. The van der Waals surface area contributed by atoms with E-state index in [1.54, 1.807) is 17.9 Å². The van der Waals surface area contributed by atoms with Gasteiger partial charge in [-0.05, 0) is 45.7 Å². The number of carbonyl (C=O) groups is 1. The van der Waals surface area contributed by atoms with Crippen LogP contribution in [-0.4, -0.2) is 58.4 Å². The van der Waals surface area contributed by atoms with Crippen LogP contribution in [0.2, 0.25) is 0 Å². The van der Waals surface area contributed by atoms with Crippen LogP contribution in [0.4, 0.5) is 4.79 Å². The number of benzene rings is 1. The molecule has 1 fully saturated rings. The molecule has 152 valence electrons. The number of hydrogen-bond donors (Lipinski definition) is 1. The van der Waals surface area contributed by atoms with Crippen LogP contribution < -0.4 is 14.2 Å². The smallest absolute Gasteiger partial charge is 0.409 e. The number of carbonyl (C=O) groups excluding carboxylic acids is 1. The summed E-state index contributed by atoms with van der Waals surface area (Å²) in [5.74, 6) is 0.917. The Hall–Kier alpha value is -2.00. The summed E-state index contributed by atoms with van der Waals surface area (Å²) in [7, 11) is -3.70. The molecule has 8 nitrogen and oxygen atoms in total. The minimum Gasteiger partial charge on any atom is -0.490 e. The molecule has 1 N–H and O–H groups in total. The van der Waals surface area contributed by atoms with Crippen LogP contribution in [0.3, 0.4) is 0 Å². The number of hydrogen-bond acceptors (Lipinski definition) is 6. The van der Waals surface area contributed by atoms with Crippen LogP contribution in [0, 0.1) is 0 Å². The van der Waals surface area contributed by atoms with Gasteiger partial charge in [0.05, 0.1) is 24.7 Å². The number of rotatable bonds is 8. The maximum Gasteiger partial charge on any atom is 0.409 e. The SMILES string of the molecule is CCOC(=O)N1CCC(NS(=O)(=O)c2ccc(OCC)c(OCC)c2)CC1. The van der Waals surface area contributed by atoms with E-state index in [1.807, 2.05) is 13.8 Å². The highest BCUT2D eigenvalue weighted by atomic mass is 32.2. The molecule has 1 aromatic carbocycles. The van der Waals surface area contributed by atoms with Crippen molar-refractivity contribution in [3.63, 3.8) is 0 Å². The molecule has 27 heavy (non-hydrogen) atoms. The zero-order valence-electron chi connectivity index (χ0n) is 16.1. The molecule has 0 radical (unpaired) electrons. The summed E-state index contributed by atoms with van der Waals surface area (Å²) in [6.45, 7) is 7.54. The predicted octanol–water partition coefficient (Wildman–Crippen LogP) is 2.38. The second-order valence-corrected chi connectivity index (χ2v) is 7.77. The number of nitrogens with zero attached hydrogens (tertiary/aromatic N) is 1. The number of piperidine rings is 1. The molecule has 0 saturated carbocycles. The van der Waals surface area contributed by atoms with Crippen molar-refractivity contribution in [2.24, 2.45) is 0 Å². The highest BCUT2D eigenvalue weighted by molar-refractivity contribution is 7.89. The highest BCUT2D eigenvalue weighted by Crippen LogP contribution is 2.30. The van der Waals surface area contributed by atoms with Gasteiger partial charge in [0.1, 0.15) is 0 Å². The standard InChI is InChI=1S/C18H28N2O6S/c1-4-24-16-8-7-15(13-17(16)25-5-2)27(22,23)19-14-9-11-20(12-10-14)18(21)26-6-3/h7-8,13-14,19H,4-6,9-12H2,1-3H3. The average molecular weight is 400 g/mol. The lowest BCUT2D eigenvalue weighted by Gasteiger charge is -2.31. The lowest BCUT2D eigenvalue weighted by atomic mass is 10.1. The van der Waals surface area contributed by atoms with Crippen molar-refractivity contribution in [3.8, 4) is 11.5 Å². The van der Waals surface area contributed by atoms with Gasteiger partial charge in [-0.15, -0.1) is 0 Å². The van der Waals surface area contributed by atoms with E-state index >= 15 is 0 Å². The number of ether oxygens (including phenoxy) is 3. The van der Waals surface area contributed by atoms with E-state index in [0.29, 0.717) is 57.3 Å². The molecule has 0 bridgehead atoms. The first kappa shape index (κ1) is 21.3. The monoisotopic (exact) mass is 400 g/mol. The van der Waals surface area contributed by atoms with E-state index in [4.69, 9.17) is 14.2 Å². The van der Waals surface area contributed by atoms with Crippen molar-refractivity contribution in [2.75, 3.05) is 32.9 Å². The summed E-state index contributed by atoms with van der Waals surface area (Å²) in [6, 6.07) is 4.35. The van der Waals surface area contributed by atoms with E-state index in [1.165, 1.54) is 12.1 Å². The third kappa shape index (κ3) is 5.74. The Balaban J connectivity index is 2.04. The van der Waals surface area contributed by atoms with Gasteiger partial charge in [-0.2, -0.15) is 0 Å². The summed E-state index contributed by atoms with van der Waals surface area (Å²) in [5.41, 5.74) is 0. The zero-order valence-corrected chi connectivity index (χ0v) is 16.9. The molecular weight excluding hydrogens is 372 g/mol. The average Bonchev–Trinajstić information content (AvgIpc) is 2.64. The lowest BCUT2D eigenvalue weighted by Crippen LogP contribution is -2.46. The topological polar surface area (TPSA) is 94.2 Å². The van der Waals surface area contributed by atoms with Gasteiger partial charge in [-0.25, -0.2) is 17.9 Å². The molecule has 2 rings (SSSR count). The van der Waals surface area contributed by atoms with Gasteiger partial charge in [0.25, 0.3) is 0 Å². The lowest BCUT2D eigenvalue weighted by molar-refractivity contribution is 0.0966. The fourth-order valence-corrected chi connectivity index (χ4v) is 4.20. The predicted molar refractivity (Wildman–Crippen MR) is 101 cm³/mol. The van der Waals surface area contributed by atoms with Crippen LogP contribution in [0.15, 0.2) is 23.1 Å². The molecule has 1 aliphatic heterocycles. The zero-order chi connectivity index (χ0) is 19.9. The van der Waals surface area contributed by atoms with Crippen LogP contribution in [0.25, 0.3) is 0 Å². The van der Waals surface area contributed by atoms with Crippen molar-refractivity contribution in [2.45, 2.75) is 44.6 Å². The second-order valence-electron chi connectivity index (χ2n) is 6.06. The third-order valence-corrected chi connectivity index (χ3v) is 5.69. The quantitative estimate of drug-likeness (QED) is 0.720. The van der Waals surface area contributed by atoms with Gasteiger partial charge < -0.3 is 19.1 Å². The van der Waals surface area contributed by atoms with E-state index in [9.17, 15) is 13.2 Å². The largest absolute Gasteiger partial charge is 0.490 e. The molecule has 1 heterocycles. The molecule has 1 saturated heterocycles. The molecule has 0 atom stereocenters. The van der Waals surface area contributed by atoms with Gasteiger partial charge in [-0.1, -0.05) is 0 Å². The summed E-state index contributed by atoms with van der Waals surface area (Å²) in [6.07, 6.45) is 0.715. The molecule has 0 unspecified atom stereocenters. The van der Waals surface area contributed by atoms with E-state index in [0.717, 1.165) is 0 Å². The second kappa shape index (κ2) is 9.80. The minimum absolute atomic E-state index is 0.127. The Kier molecular flexibility index (Phi) is 7.73. The third-order valence-electron chi connectivity index (χ3n) is 4.17. The van der Waals surface area contributed by atoms with Crippen LogP contribution in [-0.2, 0) is 14.8 Å². The van der Waals surface area contributed by atoms with Crippen molar-refractivity contribution in [1.29, 1.82) is 0 Å². The van der Waals surface area contributed by atoms with E-state index in [2.05, 4.69) is 4.72 Å². The summed E-state index contributed by atoms with van der Waals surface area (Å²) >= 11 is 0. The van der Waals surface area contributed by atoms with Gasteiger partial charge in [0, 0.05) is 25.2 Å². The minimum atomic E-state index is -3.70. The first-order valence-corrected chi connectivity index (χ1v) is 10.7.